The Morgan fingerprint density at radius 3 is 2.88 bits per heavy atom. The first-order valence-corrected chi connectivity index (χ1v) is 7.56. The first-order chi connectivity index (χ1) is 8.11. The van der Waals surface area contributed by atoms with Crippen molar-refractivity contribution in [2.24, 2.45) is 5.73 Å². The zero-order valence-corrected chi connectivity index (χ0v) is 13.1. The summed E-state index contributed by atoms with van der Waals surface area (Å²) in [5, 5.41) is 3.91. The van der Waals surface area contributed by atoms with Crippen LogP contribution in [0.5, 0.6) is 0 Å². The van der Waals surface area contributed by atoms with Gasteiger partial charge in [-0.3, -0.25) is 0 Å². The van der Waals surface area contributed by atoms with Crippen molar-refractivity contribution in [3.05, 3.63) is 20.1 Å². The number of halogens is 2. The van der Waals surface area contributed by atoms with E-state index in [1.807, 2.05) is 6.07 Å². The smallest absolute Gasteiger partial charge is 0.268 e. The Balaban J connectivity index is 2.23. The minimum absolute atomic E-state index is 0.149. The Hall–Kier alpha value is -0.240. The molecule has 0 aliphatic carbocycles. The molecule has 17 heavy (non-hydrogen) atoms. The van der Waals surface area contributed by atoms with E-state index in [1.165, 1.54) is 11.3 Å². The van der Waals surface area contributed by atoms with Crippen LogP contribution in [0, 0.1) is 0 Å². The molecule has 7 heteroatoms. The molecule has 1 unspecified atom stereocenters. The summed E-state index contributed by atoms with van der Waals surface area (Å²) in [4.78, 5) is 5.24. The Labute approximate surface area is 120 Å². The highest BCUT2D eigenvalue weighted by atomic mass is 79.9. The lowest BCUT2D eigenvalue weighted by atomic mass is 10.2. The molecule has 2 N–H and O–H groups in total. The maximum atomic E-state index is 5.93. The molecule has 0 aromatic carbocycles. The molecule has 0 saturated heterocycles. The maximum absolute atomic E-state index is 5.93. The van der Waals surface area contributed by atoms with Gasteiger partial charge in [0.25, 0.3) is 5.89 Å². The van der Waals surface area contributed by atoms with Crippen LogP contribution in [-0.2, 0) is 0 Å². The van der Waals surface area contributed by atoms with Crippen LogP contribution in [0.4, 0.5) is 0 Å². The minimum atomic E-state index is -0.149. The van der Waals surface area contributed by atoms with E-state index in [-0.39, 0.29) is 6.04 Å². The topological polar surface area (TPSA) is 64.9 Å². The van der Waals surface area contributed by atoms with Crippen LogP contribution in [0.15, 0.2) is 18.8 Å². The van der Waals surface area contributed by atoms with E-state index in [4.69, 9.17) is 10.3 Å². The van der Waals surface area contributed by atoms with Crippen molar-refractivity contribution in [2.45, 2.75) is 25.8 Å². The van der Waals surface area contributed by atoms with Crippen molar-refractivity contribution in [3.8, 4) is 10.8 Å². The fourth-order valence-corrected chi connectivity index (χ4v) is 3.34. The summed E-state index contributed by atoms with van der Waals surface area (Å²) < 4.78 is 7.20. The fourth-order valence-electron chi connectivity index (χ4n) is 1.38. The number of hydrogen-bond acceptors (Lipinski definition) is 5. The van der Waals surface area contributed by atoms with Gasteiger partial charge in [-0.2, -0.15) is 4.98 Å². The molecule has 92 valence electrons. The minimum Gasteiger partial charge on any atom is -0.333 e. The number of nitrogens with zero attached hydrogens (tertiary/aromatic N) is 2. The summed E-state index contributed by atoms with van der Waals surface area (Å²) in [7, 11) is 0. The molecule has 2 heterocycles. The molecular weight excluding hydrogens is 370 g/mol. The van der Waals surface area contributed by atoms with E-state index in [0.717, 1.165) is 26.0 Å². The third-order valence-corrected chi connectivity index (χ3v) is 5.47. The fraction of sp³-hybridized carbons (Fsp3) is 0.400. The van der Waals surface area contributed by atoms with Gasteiger partial charge in [-0.25, -0.2) is 0 Å². The van der Waals surface area contributed by atoms with Crippen LogP contribution in [0.1, 0.15) is 31.6 Å². The van der Waals surface area contributed by atoms with Gasteiger partial charge in [0.15, 0.2) is 5.82 Å². The molecule has 2 aromatic rings. The van der Waals surface area contributed by atoms with Gasteiger partial charge in [0.2, 0.25) is 0 Å². The number of nitrogens with two attached hydrogens (primary N) is 1. The highest BCUT2D eigenvalue weighted by molar-refractivity contribution is 9.13. The zero-order valence-electron chi connectivity index (χ0n) is 9.11. The molecule has 0 amide bonds. The maximum Gasteiger partial charge on any atom is 0.268 e. The number of aromatic nitrogens is 2. The molecule has 2 rings (SSSR count). The summed E-state index contributed by atoms with van der Waals surface area (Å²) in [6.07, 6.45) is 1.86. The molecule has 0 spiro atoms. The van der Waals surface area contributed by atoms with Gasteiger partial charge in [0, 0.05) is 4.47 Å². The van der Waals surface area contributed by atoms with Crippen LogP contribution in [-0.4, -0.2) is 10.1 Å². The van der Waals surface area contributed by atoms with Gasteiger partial charge in [0.1, 0.15) is 0 Å². The van der Waals surface area contributed by atoms with Crippen LogP contribution in [0.2, 0.25) is 0 Å². The van der Waals surface area contributed by atoms with Gasteiger partial charge < -0.3 is 10.3 Å². The monoisotopic (exact) mass is 379 g/mol. The van der Waals surface area contributed by atoms with Crippen molar-refractivity contribution >= 4 is 43.2 Å². The second-order valence-corrected chi connectivity index (χ2v) is 6.81. The Morgan fingerprint density at radius 1 is 1.53 bits per heavy atom. The standard InChI is InChI=1S/C10H11Br2N3OS/c1-2-3-6(13)9-14-10(16-15-9)7-4-5(11)8(12)17-7/h4,6H,2-3,13H2,1H3. The zero-order chi connectivity index (χ0) is 12.4. The largest absolute Gasteiger partial charge is 0.333 e. The molecule has 2 aromatic heterocycles. The third-order valence-electron chi connectivity index (χ3n) is 2.23. The van der Waals surface area contributed by atoms with Crippen LogP contribution < -0.4 is 5.73 Å². The van der Waals surface area contributed by atoms with E-state index in [2.05, 4.69) is 48.9 Å². The lowest BCUT2D eigenvalue weighted by Gasteiger charge is -2.02. The van der Waals surface area contributed by atoms with Crippen LogP contribution in [0.3, 0.4) is 0 Å². The van der Waals surface area contributed by atoms with Gasteiger partial charge >= 0.3 is 0 Å². The summed E-state index contributed by atoms with van der Waals surface area (Å²) >= 11 is 8.39. The Morgan fingerprint density at radius 2 is 2.29 bits per heavy atom. The molecule has 0 radical (unpaired) electrons. The number of rotatable bonds is 4. The summed E-state index contributed by atoms with van der Waals surface area (Å²) in [5.74, 6) is 1.09. The second kappa shape index (κ2) is 5.60. The Kier molecular flexibility index (Phi) is 4.35. The quantitative estimate of drug-likeness (QED) is 0.866. The molecule has 0 saturated carbocycles. The highest BCUT2D eigenvalue weighted by Gasteiger charge is 2.16. The molecule has 1 atom stereocenters. The van der Waals surface area contributed by atoms with Crippen molar-refractivity contribution in [1.29, 1.82) is 0 Å². The summed E-state index contributed by atoms with van der Waals surface area (Å²) in [6, 6.07) is 1.79. The number of hydrogen-bond donors (Lipinski definition) is 1. The van der Waals surface area contributed by atoms with Gasteiger partial charge in [-0.1, -0.05) is 18.5 Å². The average molecular weight is 381 g/mol. The molecule has 0 aliphatic rings. The SMILES string of the molecule is CCCC(N)c1noc(-c2cc(Br)c(Br)s2)n1. The van der Waals surface area contributed by atoms with Gasteiger partial charge in [0.05, 0.1) is 14.7 Å². The van der Waals surface area contributed by atoms with Crippen molar-refractivity contribution in [3.63, 3.8) is 0 Å². The van der Waals surface area contributed by atoms with Gasteiger partial charge in [-0.05, 0) is 44.3 Å². The predicted octanol–water partition coefficient (Wildman–Crippen LogP) is 4.12. The predicted molar refractivity (Wildman–Crippen MR) is 74.8 cm³/mol. The lowest BCUT2D eigenvalue weighted by Crippen LogP contribution is -2.11. The first-order valence-electron chi connectivity index (χ1n) is 5.16. The summed E-state index contributed by atoms with van der Waals surface area (Å²) in [5.41, 5.74) is 5.93. The van der Waals surface area contributed by atoms with E-state index >= 15 is 0 Å². The van der Waals surface area contributed by atoms with E-state index in [1.54, 1.807) is 0 Å². The van der Waals surface area contributed by atoms with Crippen LogP contribution in [0.25, 0.3) is 10.8 Å². The normalized spacial score (nSPS) is 12.9. The lowest BCUT2D eigenvalue weighted by molar-refractivity contribution is 0.414. The van der Waals surface area contributed by atoms with E-state index < -0.39 is 0 Å². The molecule has 0 aliphatic heterocycles. The molecule has 4 nitrogen and oxygen atoms in total. The molecular formula is C10H11Br2N3OS. The van der Waals surface area contributed by atoms with Crippen molar-refractivity contribution < 1.29 is 4.52 Å². The molecule has 0 bridgehead atoms. The molecule has 0 fully saturated rings. The third kappa shape index (κ3) is 2.96. The van der Waals surface area contributed by atoms with Crippen LogP contribution >= 0.6 is 43.2 Å². The second-order valence-electron chi connectivity index (χ2n) is 3.59. The van der Waals surface area contributed by atoms with Crippen molar-refractivity contribution in [2.75, 3.05) is 0 Å². The average Bonchev–Trinajstić information content (AvgIpc) is 2.87. The van der Waals surface area contributed by atoms with Crippen molar-refractivity contribution in [1.82, 2.24) is 10.1 Å². The Bertz CT molecular complexity index is 492. The first kappa shape index (κ1) is 13.2. The summed E-state index contributed by atoms with van der Waals surface area (Å²) in [6.45, 7) is 2.08. The van der Waals surface area contributed by atoms with E-state index in [0.29, 0.717) is 11.7 Å². The number of thiophene rings is 1. The van der Waals surface area contributed by atoms with Gasteiger partial charge in [-0.15, -0.1) is 11.3 Å². The highest BCUT2D eigenvalue weighted by Crippen LogP contribution is 2.37. The van der Waals surface area contributed by atoms with E-state index in [9.17, 15) is 0 Å².